The van der Waals surface area contributed by atoms with Crippen LogP contribution in [0.1, 0.15) is 19.1 Å². The van der Waals surface area contributed by atoms with Crippen molar-refractivity contribution in [2.45, 2.75) is 31.3 Å². The molecule has 2 atom stereocenters. The fraction of sp³-hybridized carbons (Fsp3) is 0.692. The SMILES string of the molecule is CSC(C)CCNCC(O)COCc1ccco1. The minimum Gasteiger partial charge on any atom is -0.467 e. The lowest BCUT2D eigenvalue weighted by atomic mass is 10.3. The van der Waals surface area contributed by atoms with E-state index >= 15 is 0 Å². The van der Waals surface area contributed by atoms with Crippen LogP contribution in [-0.4, -0.2) is 42.4 Å². The minimum absolute atomic E-state index is 0.325. The Morgan fingerprint density at radius 3 is 3.06 bits per heavy atom. The van der Waals surface area contributed by atoms with Crippen LogP contribution in [0.3, 0.4) is 0 Å². The van der Waals surface area contributed by atoms with E-state index in [1.165, 1.54) is 0 Å². The summed E-state index contributed by atoms with van der Waals surface area (Å²) in [6.45, 7) is 4.44. The van der Waals surface area contributed by atoms with Crippen LogP contribution in [0.4, 0.5) is 0 Å². The summed E-state index contributed by atoms with van der Waals surface area (Å²) in [6.07, 6.45) is 4.37. The highest BCUT2D eigenvalue weighted by molar-refractivity contribution is 7.99. The van der Waals surface area contributed by atoms with Crippen molar-refractivity contribution in [3.63, 3.8) is 0 Å². The van der Waals surface area contributed by atoms with Gasteiger partial charge in [-0.25, -0.2) is 0 Å². The van der Waals surface area contributed by atoms with E-state index < -0.39 is 6.10 Å². The Hall–Kier alpha value is -0.490. The molecule has 0 aliphatic heterocycles. The molecule has 4 nitrogen and oxygen atoms in total. The van der Waals surface area contributed by atoms with Crippen LogP contribution in [-0.2, 0) is 11.3 Å². The average molecular weight is 273 g/mol. The zero-order chi connectivity index (χ0) is 13.2. The molecular formula is C13H23NO3S. The molecule has 2 N–H and O–H groups in total. The van der Waals surface area contributed by atoms with Gasteiger partial charge in [-0.1, -0.05) is 6.92 Å². The largest absolute Gasteiger partial charge is 0.467 e. The van der Waals surface area contributed by atoms with E-state index in [0.717, 1.165) is 18.7 Å². The minimum atomic E-state index is -0.468. The number of ether oxygens (including phenoxy) is 1. The van der Waals surface area contributed by atoms with E-state index in [9.17, 15) is 5.11 Å². The maximum absolute atomic E-state index is 9.68. The summed E-state index contributed by atoms with van der Waals surface area (Å²) in [4.78, 5) is 0. The standard InChI is InChI=1S/C13H23NO3S/c1-11(18-2)5-6-14-8-12(15)9-16-10-13-4-3-7-17-13/h3-4,7,11-12,14-15H,5-6,8-10H2,1-2H3. The molecule has 0 bridgehead atoms. The van der Waals surface area contributed by atoms with Gasteiger partial charge in [0, 0.05) is 11.8 Å². The molecule has 1 aromatic heterocycles. The Balaban J connectivity index is 1.95. The van der Waals surface area contributed by atoms with Crippen molar-refractivity contribution in [3.8, 4) is 0 Å². The molecule has 0 saturated heterocycles. The molecule has 0 aliphatic carbocycles. The van der Waals surface area contributed by atoms with Gasteiger partial charge in [0.2, 0.25) is 0 Å². The molecule has 0 aromatic carbocycles. The second-order valence-corrected chi connectivity index (χ2v) is 5.56. The molecule has 0 radical (unpaired) electrons. The second kappa shape index (κ2) is 9.44. The predicted octanol–water partition coefficient (Wildman–Crippen LogP) is 1.89. The monoisotopic (exact) mass is 273 g/mol. The molecular weight excluding hydrogens is 250 g/mol. The van der Waals surface area contributed by atoms with Crippen LogP contribution in [0.5, 0.6) is 0 Å². The second-order valence-electron chi connectivity index (χ2n) is 4.29. The van der Waals surface area contributed by atoms with Crippen LogP contribution in [0.25, 0.3) is 0 Å². The number of hydrogen-bond acceptors (Lipinski definition) is 5. The molecule has 0 saturated carbocycles. The normalized spacial score (nSPS) is 14.6. The number of furan rings is 1. The summed E-state index contributed by atoms with van der Waals surface area (Å²) in [5, 5.41) is 13.6. The van der Waals surface area contributed by atoms with Crippen LogP contribution in [0.15, 0.2) is 22.8 Å². The van der Waals surface area contributed by atoms with Crippen LogP contribution < -0.4 is 5.32 Å². The van der Waals surface area contributed by atoms with Gasteiger partial charge in [0.1, 0.15) is 12.4 Å². The van der Waals surface area contributed by atoms with Crippen molar-refractivity contribution >= 4 is 11.8 Å². The molecule has 5 heteroatoms. The summed E-state index contributed by atoms with van der Waals surface area (Å²) in [5.41, 5.74) is 0. The maximum Gasteiger partial charge on any atom is 0.129 e. The number of aliphatic hydroxyl groups excluding tert-OH is 1. The summed E-state index contributed by atoms with van der Waals surface area (Å²) in [6, 6.07) is 3.68. The molecule has 1 aromatic rings. The fourth-order valence-electron chi connectivity index (χ4n) is 1.44. The molecule has 1 heterocycles. The Kier molecular flexibility index (Phi) is 8.17. The van der Waals surface area contributed by atoms with E-state index in [1.807, 2.05) is 23.9 Å². The first-order valence-corrected chi connectivity index (χ1v) is 7.53. The first-order valence-electron chi connectivity index (χ1n) is 6.24. The van der Waals surface area contributed by atoms with Crippen molar-refractivity contribution < 1.29 is 14.3 Å². The van der Waals surface area contributed by atoms with Gasteiger partial charge in [-0.2, -0.15) is 11.8 Å². The average Bonchev–Trinajstić information content (AvgIpc) is 2.87. The molecule has 1 rings (SSSR count). The van der Waals surface area contributed by atoms with Gasteiger partial charge in [0.25, 0.3) is 0 Å². The highest BCUT2D eigenvalue weighted by Crippen LogP contribution is 2.07. The van der Waals surface area contributed by atoms with E-state index in [0.29, 0.717) is 25.0 Å². The maximum atomic E-state index is 9.68. The molecule has 0 amide bonds. The van der Waals surface area contributed by atoms with E-state index in [-0.39, 0.29) is 0 Å². The van der Waals surface area contributed by atoms with Gasteiger partial charge < -0.3 is 19.6 Å². The van der Waals surface area contributed by atoms with E-state index in [4.69, 9.17) is 9.15 Å². The van der Waals surface area contributed by atoms with Gasteiger partial charge >= 0.3 is 0 Å². The Morgan fingerprint density at radius 2 is 2.39 bits per heavy atom. The van der Waals surface area contributed by atoms with Crippen molar-refractivity contribution in [2.75, 3.05) is 26.0 Å². The fourth-order valence-corrected chi connectivity index (χ4v) is 1.79. The van der Waals surface area contributed by atoms with Crippen LogP contribution >= 0.6 is 11.8 Å². The molecule has 0 aliphatic rings. The third-order valence-electron chi connectivity index (χ3n) is 2.64. The topological polar surface area (TPSA) is 54.6 Å². The number of nitrogens with one attached hydrogen (secondary N) is 1. The van der Waals surface area contributed by atoms with Gasteiger partial charge in [-0.3, -0.25) is 0 Å². The molecule has 104 valence electrons. The van der Waals surface area contributed by atoms with Crippen LogP contribution in [0, 0.1) is 0 Å². The lowest BCUT2D eigenvalue weighted by molar-refractivity contribution is 0.0227. The third kappa shape index (κ3) is 7.06. The van der Waals surface area contributed by atoms with Crippen molar-refractivity contribution in [3.05, 3.63) is 24.2 Å². The highest BCUT2D eigenvalue weighted by Gasteiger charge is 2.05. The zero-order valence-electron chi connectivity index (χ0n) is 11.1. The van der Waals surface area contributed by atoms with Crippen molar-refractivity contribution in [1.82, 2.24) is 5.32 Å². The lowest BCUT2D eigenvalue weighted by Crippen LogP contribution is -2.31. The summed E-state index contributed by atoms with van der Waals surface area (Å²) in [5.74, 6) is 0.781. The van der Waals surface area contributed by atoms with E-state index in [2.05, 4.69) is 18.5 Å². The summed E-state index contributed by atoms with van der Waals surface area (Å²) in [7, 11) is 0. The van der Waals surface area contributed by atoms with Gasteiger partial charge in [0.15, 0.2) is 0 Å². The summed E-state index contributed by atoms with van der Waals surface area (Å²) >= 11 is 1.86. The smallest absolute Gasteiger partial charge is 0.129 e. The summed E-state index contributed by atoms with van der Waals surface area (Å²) < 4.78 is 10.5. The predicted molar refractivity (Wildman–Crippen MR) is 74.8 cm³/mol. The number of thioether (sulfide) groups is 1. The molecule has 2 unspecified atom stereocenters. The highest BCUT2D eigenvalue weighted by atomic mass is 32.2. The Labute approximate surface area is 113 Å². The lowest BCUT2D eigenvalue weighted by Gasteiger charge is -2.13. The van der Waals surface area contributed by atoms with Gasteiger partial charge in [-0.15, -0.1) is 0 Å². The first kappa shape index (κ1) is 15.6. The van der Waals surface area contributed by atoms with Gasteiger partial charge in [0.05, 0.1) is 19.0 Å². The van der Waals surface area contributed by atoms with Crippen molar-refractivity contribution in [2.24, 2.45) is 0 Å². The third-order valence-corrected chi connectivity index (χ3v) is 3.69. The number of hydrogen-bond donors (Lipinski definition) is 2. The molecule has 18 heavy (non-hydrogen) atoms. The van der Waals surface area contributed by atoms with Crippen LogP contribution in [0.2, 0.25) is 0 Å². The molecule has 0 spiro atoms. The Bertz CT molecular complexity index is 292. The number of aliphatic hydroxyl groups is 1. The zero-order valence-corrected chi connectivity index (χ0v) is 11.9. The quantitative estimate of drug-likeness (QED) is 0.638. The first-order chi connectivity index (χ1) is 8.72. The van der Waals surface area contributed by atoms with E-state index in [1.54, 1.807) is 6.26 Å². The van der Waals surface area contributed by atoms with Crippen molar-refractivity contribution in [1.29, 1.82) is 0 Å². The Morgan fingerprint density at radius 1 is 1.56 bits per heavy atom. The van der Waals surface area contributed by atoms with Gasteiger partial charge in [-0.05, 0) is 31.4 Å². The molecule has 0 fully saturated rings. The number of rotatable bonds is 10.